The first-order chi connectivity index (χ1) is 15.5. The van der Waals surface area contributed by atoms with Crippen molar-refractivity contribution in [1.82, 2.24) is 20.2 Å². The fourth-order valence-corrected chi connectivity index (χ4v) is 4.05. The molecular weight excluding hydrogens is 425 g/mol. The third-order valence-electron chi connectivity index (χ3n) is 4.97. The number of hydrogen-bond donors (Lipinski definition) is 2. The first-order valence-electron chi connectivity index (χ1n) is 10.1. The minimum atomic E-state index is -0.475. The van der Waals surface area contributed by atoms with E-state index in [-0.39, 0.29) is 17.8 Å². The van der Waals surface area contributed by atoms with E-state index in [0.29, 0.717) is 16.5 Å². The van der Waals surface area contributed by atoms with E-state index < -0.39 is 5.25 Å². The second kappa shape index (κ2) is 9.65. The number of nitrogens with zero attached hydrogens (tertiary/aromatic N) is 3. The zero-order chi connectivity index (χ0) is 22.5. The maximum atomic E-state index is 13.2. The summed E-state index contributed by atoms with van der Waals surface area (Å²) in [5.74, 6) is 6.05. The number of carbonyl (C=O) groups is 1. The van der Waals surface area contributed by atoms with Gasteiger partial charge < -0.3 is 11.2 Å². The van der Waals surface area contributed by atoms with Gasteiger partial charge >= 0.3 is 0 Å². The molecule has 4 aromatic rings. The number of thioether (sulfide) groups is 1. The van der Waals surface area contributed by atoms with Crippen molar-refractivity contribution in [3.8, 4) is 11.4 Å². The first kappa shape index (κ1) is 21.6. The topological polar surface area (TPSA) is 85.8 Å². The lowest BCUT2D eigenvalue weighted by molar-refractivity contribution is -0.120. The summed E-state index contributed by atoms with van der Waals surface area (Å²) in [6, 6.07) is 25.2. The second-order valence-electron chi connectivity index (χ2n) is 7.21. The molecule has 6 nitrogen and oxygen atoms in total. The number of rotatable bonds is 7. The van der Waals surface area contributed by atoms with Crippen molar-refractivity contribution >= 4 is 17.7 Å². The van der Waals surface area contributed by atoms with E-state index >= 15 is 0 Å². The smallest absolute Gasteiger partial charge is 0.234 e. The quantitative estimate of drug-likeness (QED) is 0.328. The average molecular weight is 448 g/mol. The Hall–Kier alpha value is -3.65. The molecule has 0 saturated carbocycles. The van der Waals surface area contributed by atoms with Crippen LogP contribution in [0.1, 0.15) is 24.1 Å². The van der Waals surface area contributed by atoms with Crippen molar-refractivity contribution in [1.29, 1.82) is 0 Å². The Bertz CT molecular complexity index is 1140. The largest absolute Gasteiger partial charge is 0.344 e. The highest BCUT2D eigenvalue weighted by molar-refractivity contribution is 8.00. The van der Waals surface area contributed by atoms with Gasteiger partial charge in [0.25, 0.3) is 0 Å². The lowest BCUT2D eigenvalue weighted by Gasteiger charge is -2.22. The van der Waals surface area contributed by atoms with Gasteiger partial charge in [0.15, 0.2) is 5.82 Å². The summed E-state index contributed by atoms with van der Waals surface area (Å²) in [4.78, 5) is 13.1. The Morgan fingerprint density at radius 2 is 1.50 bits per heavy atom. The Morgan fingerprint density at radius 3 is 2.06 bits per heavy atom. The Balaban J connectivity index is 1.50. The fraction of sp³-hybridized carbons (Fsp3) is 0.125. The third-order valence-corrected chi connectivity index (χ3v) is 6.03. The second-order valence-corrected chi connectivity index (χ2v) is 8.51. The number of amides is 1. The monoisotopic (exact) mass is 447 g/mol. The summed E-state index contributed by atoms with van der Waals surface area (Å²) in [5.41, 5.74) is 2.62. The number of hydrogen-bond acceptors (Lipinski definition) is 5. The average Bonchev–Trinajstić information content (AvgIpc) is 3.18. The van der Waals surface area contributed by atoms with Crippen LogP contribution in [0, 0.1) is 5.82 Å². The molecule has 1 aromatic heterocycles. The van der Waals surface area contributed by atoms with Gasteiger partial charge in [-0.1, -0.05) is 72.4 Å². The zero-order valence-electron chi connectivity index (χ0n) is 17.4. The molecular formula is C24H22FN5OS. The van der Waals surface area contributed by atoms with E-state index in [4.69, 9.17) is 5.84 Å². The van der Waals surface area contributed by atoms with Gasteiger partial charge in [0.2, 0.25) is 11.1 Å². The van der Waals surface area contributed by atoms with Gasteiger partial charge in [-0.2, -0.15) is 0 Å². The number of nitrogens with one attached hydrogen (secondary N) is 1. The fourth-order valence-electron chi connectivity index (χ4n) is 3.27. The van der Waals surface area contributed by atoms with E-state index in [1.807, 2.05) is 60.7 Å². The highest BCUT2D eigenvalue weighted by atomic mass is 32.2. The maximum Gasteiger partial charge on any atom is 0.234 e. The van der Waals surface area contributed by atoms with Gasteiger partial charge in [-0.15, -0.1) is 10.2 Å². The van der Waals surface area contributed by atoms with Crippen molar-refractivity contribution in [2.75, 3.05) is 5.84 Å². The van der Waals surface area contributed by atoms with Crippen molar-refractivity contribution < 1.29 is 9.18 Å². The molecule has 1 atom stereocenters. The van der Waals surface area contributed by atoms with Crippen LogP contribution >= 0.6 is 11.8 Å². The van der Waals surface area contributed by atoms with Crippen LogP contribution in [0.3, 0.4) is 0 Å². The Labute approximate surface area is 189 Å². The minimum Gasteiger partial charge on any atom is -0.344 e. The Kier molecular flexibility index (Phi) is 6.51. The molecule has 0 spiro atoms. The Morgan fingerprint density at radius 1 is 0.938 bits per heavy atom. The lowest BCUT2D eigenvalue weighted by Crippen LogP contribution is -2.35. The van der Waals surface area contributed by atoms with Crippen LogP contribution in [-0.4, -0.2) is 26.0 Å². The summed E-state index contributed by atoms with van der Waals surface area (Å²) in [6.07, 6.45) is 0. The SMILES string of the molecule is CC(Sc1nnc(-c2ccc(F)cc2)n1N)C(=O)NC(c1ccccc1)c1ccccc1. The van der Waals surface area contributed by atoms with Crippen LogP contribution in [0.15, 0.2) is 90.1 Å². The molecule has 1 amide bonds. The molecule has 8 heteroatoms. The van der Waals surface area contributed by atoms with Crippen molar-refractivity contribution in [3.63, 3.8) is 0 Å². The van der Waals surface area contributed by atoms with E-state index in [0.717, 1.165) is 11.1 Å². The normalized spacial score (nSPS) is 12.0. The summed E-state index contributed by atoms with van der Waals surface area (Å²) in [6.45, 7) is 1.79. The molecule has 1 unspecified atom stereocenters. The molecule has 32 heavy (non-hydrogen) atoms. The molecule has 0 saturated heterocycles. The zero-order valence-corrected chi connectivity index (χ0v) is 18.2. The van der Waals surface area contributed by atoms with E-state index in [9.17, 15) is 9.18 Å². The number of halogens is 1. The highest BCUT2D eigenvalue weighted by Crippen LogP contribution is 2.27. The highest BCUT2D eigenvalue weighted by Gasteiger charge is 2.23. The summed E-state index contributed by atoms with van der Waals surface area (Å²) >= 11 is 1.21. The molecule has 3 N–H and O–H groups in total. The van der Waals surface area contributed by atoms with Crippen molar-refractivity contribution in [3.05, 3.63) is 102 Å². The number of carbonyl (C=O) groups excluding carboxylic acids is 1. The van der Waals surface area contributed by atoms with Crippen LogP contribution in [0.25, 0.3) is 11.4 Å². The van der Waals surface area contributed by atoms with Gasteiger partial charge in [-0.25, -0.2) is 9.07 Å². The van der Waals surface area contributed by atoms with Crippen LogP contribution in [0.2, 0.25) is 0 Å². The summed E-state index contributed by atoms with van der Waals surface area (Å²) in [7, 11) is 0. The van der Waals surface area contributed by atoms with E-state index in [1.54, 1.807) is 19.1 Å². The number of nitrogens with two attached hydrogens (primary N) is 1. The van der Waals surface area contributed by atoms with Gasteiger partial charge in [0, 0.05) is 5.56 Å². The minimum absolute atomic E-state index is 0.154. The number of nitrogen functional groups attached to an aromatic ring is 1. The molecule has 1 heterocycles. The standard InChI is InChI=1S/C24H22FN5OS/c1-16(32-24-29-28-22(30(24)26)19-12-14-20(25)15-13-19)23(31)27-21(17-8-4-2-5-9-17)18-10-6-3-7-11-18/h2-16,21H,26H2,1H3,(H,27,31). The van der Waals surface area contributed by atoms with Gasteiger partial charge in [-0.05, 0) is 42.3 Å². The predicted octanol–water partition coefficient (Wildman–Crippen LogP) is 4.18. The van der Waals surface area contributed by atoms with E-state index in [2.05, 4.69) is 15.5 Å². The summed E-state index contributed by atoms with van der Waals surface area (Å²) in [5, 5.41) is 11.3. The van der Waals surface area contributed by atoms with Gasteiger partial charge in [0.1, 0.15) is 5.82 Å². The summed E-state index contributed by atoms with van der Waals surface area (Å²) < 4.78 is 14.5. The molecule has 0 aliphatic heterocycles. The molecule has 0 bridgehead atoms. The molecule has 3 aromatic carbocycles. The van der Waals surface area contributed by atoms with Gasteiger partial charge in [-0.3, -0.25) is 4.79 Å². The first-order valence-corrected chi connectivity index (χ1v) is 10.9. The predicted molar refractivity (Wildman–Crippen MR) is 124 cm³/mol. The molecule has 162 valence electrons. The van der Waals surface area contributed by atoms with Crippen LogP contribution in [0.4, 0.5) is 4.39 Å². The van der Waals surface area contributed by atoms with Crippen molar-refractivity contribution in [2.45, 2.75) is 23.4 Å². The molecule has 0 aliphatic rings. The lowest BCUT2D eigenvalue weighted by atomic mass is 9.98. The number of benzene rings is 3. The van der Waals surface area contributed by atoms with Crippen molar-refractivity contribution in [2.24, 2.45) is 0 Å². The molecule has 0 aliphatic carbocycles. The van der Waals surface area contributed by atoms with Crippen LogP contribution < -0.4 is 11.2 Å². The molecule has 4 rings (SSSR count). The van der Waals surface area contributed by atoms with Crippen LogP contribution in [0.5, 0.6) is 0 Å². The molecule has 0 fully saturated rings. The third kappa shape index (κ3) is 4.81. The van der Waals surface area contributed by atoms with Gasteiger partial charge in [0.05, 0.1) is 11.3 Å². The number of aromatic nitrogens is 3. The van der Waals surface area contributed by atoms with Crippen LogP contribution in [-0.2, 0) is 4.79 Å². The van der Waals surface area contributed by atoms with E-state index in [1.165, 1.54) is 28.6 Å². The molecule has 0 radical (unpaired) electrons. The maximum absolute atomic E-state index is 13.2.